The van der Waals surface area contributed by atoms with Gasteiger partial charge >= 0.3 is 0 Å². The molecule has 1 aliphatic rings. The molecule has 82 valence electrons. The lowest BCUT2D eigenvalue weighted by atomic mass is 9.77. The molecule has 2 N–H and O–H groups in total. The Bertz CT molecular complexity index is 315. The first-order valence-electron chi connectivity index (χ1n) is 5.14. The van der Waals surface area contributed by atoms with Crippen LogP contribution in [0.2, 0.25) is 5.15 Å². The van der Waals surface area contributed by atoms with Crippen molar-refractivity contribution < 1.29 is 0 Å². The van der Waals surface area contributed by atoms with E-state index in [1.807, 2.05) is 7.05 Å². The van der Waals surface area contributed by atoms with E-state index in [9.17, 15) is 0 Å². The van der Waals surface area contributed by atoms with Crippen LogP contribution in [0.4, 0.5) is 5.82 Å². The molecule has 0 aliphatic heterocycles. The second kappa shape index (κ2) is 4.33. The van der Waals surface area contributed by atoms with Gasteiger partial charge in [-0.25, -0.2) is 9.97 Å². The number of nitrogens with one attached hydrogen (secondary N) is 2. The van der Waals surface area contributed by atoms with E-state index in [1.165, 1.54) is 19.3 Å². The Hall–Kier alpha value is -0.870. The van der Waals surface area contributed by atoms with E-state index in [1.54, 1.807) is 12.4 Å². The second-order valence-corrected chi connectivity index (χ2v) is 4.35. The Morgan fingerprint density at radius 2 is 2.20 bits per heavy atom. The molecule has 0 unspecified atom stereocenters. The summed E-state index contributed by atoms with van der Waals surface area (Å²) in [7, 11) is 2.01. The van der Waals surface area contributed by atoms with Gasteiger partial charge in [0.05, 0.1) is 12.4 Å². The highest BCUT2D eigenvalue weighted by molar-refractivity contribution is 6.29. The van der Waals surface area contributed by atoms with Crippen molar-refractivity contribution in [2.45, 2.75) is 24.8 Å². The highest BCUT2D eigenvalue weighted by atomic mass is 35.5. The molecule has 0 saturated heterocycles. The Labute approximate surface area is 94.5 Å². The summed E-state index contributed by atoms with van der Waals surface area (Å²) in [5, 5.41) is 7.05. The van der Waals surface area contributed by atoms with Gasteiger partial charge in [-0.2, -0.15) is 0 Å². The number of anilines is 1. The molecule has 0 spiro atoms. The predicted molar refractivity (Wildman–Crippen MR) is 61.2 cm³/mol. The fraction of sp³-hybridized carbons (Fsp3) is 0.600. The number of hydrogen-bond donors (Lipinski definition) is 2. The first-order valence-corrected chi connectivity index (χ1v) is 5.52. The van der Waals surface area contributed by atoms with Crippen molar-refractivity contribution in [3.05, 3.63) is 17.5 Å². The molecule has 0 aromatic carbocycles. The van der Waals surface area contributed by atoms with Crippen LogP contribution < -0.4 is 10.6 Å². The van der Waals surface area contributed by atoms with Crippen molar-refractivity contribution in [3.63, 3.8) is 0 Å². The zero-order valence-corrected chi connectivity index (χ0v) is 9.51. The average Bonchev–Trinajstić information content (AvgIpc) is 2.20. The molecule has 4 nitrogen and oxygen atoms in total. The Morgan fingerprint density at radius 1 is 1.40 bits per heavy atom. The molecule has 0 bridgehead atoms. The quantitative estimate of drug-likeness (QED) is 0.821. The van der Waals surface area contributed by atoms with Gasteiger partial charge in [-0.3, -0.25) is 0 Å². The van der Waals surface area contributed by atoms with E-state index in [0.717, 1.165) is 12.4 Å². The summed E-state index contributed by atoms with van der Waals surface area (Å²) < 4.78 is 0. The smallest absolute Gasteiger partial charge is 0.147 e. The Kier molecular flexibility index (Phi) is 3.07. The van der Waals surface area contributed by atoms with E-state index in [0.29, 0.717) is 5.15 Å². The fourth-order valence-corrected chi connectivity index (χ4v) is 1.88. The van der Waals surface area contributed by atoms with Crippen LogP contribution in [0.1, 0.15) is 19.3 Å². The summed E-state index contributed by atoms with van der Waals surface area (Å²) >= 11 is 5.65. The van der Waals surface area contributed by atoms with Gasteiger partial charge < -0.3 is 10.6 Å². The van der Waals surface area contributed by atoms with E-state index in [4.69, 9.17) is 11.6 Å². The maximum atomic E-state index is 5.65. The van der Waals surface area contributed by atoms with Crippen LogP contribution in [0, 0.1) is 0 Å². The minimum absolute atomic E-state index is 0.251. The molecule has 5 heteroatoms. The molecule has 2 rings (SSSR count). The standard InChI is InChI=1S/C10H15ClN4/c1-12-10(3-2-4-10)7-15-9-6-13-8(11)5-14-9/h5-6,12H,2-4,7H2,1H3,(H,14,15). The van der Waals surface area contributed by atoms with Gasteiger partial charge in [0.25, 0.3) is 0 Å². The highest BCUT2D eigenvalue weighted by Gasteiger charge is 2.34. The minimum Gasteiger partial charge on any atom is -0.367 e. The van der Waals surface area contributed by atoms with E-state index in [2.05, 4.69) is 20.6 Å². The van der Waals surface area contributed by atoms with Crippen molar-refractivity contribution in [2.24, 2.45) is 0 Å². The molecular formula is C10H15ClN4. The van der Waals surface area contributed by atoms with Crippen LogP contribution >= 0.6 is 11.6 Å². The number of halogens is 1. The molecule has 1 aromatic rings. The summed E-state index contributed by atoms with van der Waals surface area (Å²) in [5.41, 5.74) is 0.251. The van der Waals surface area contributed by atoms with Crippen molar-refractivity contribution in [2.75, 3.05) is 18.9 Å². The number of rotatable bonds is 4. The zero-order chi connectivity index (χ0) is 10.7. The molecule has 1 aliphatic carbocycles. The largest absolute Gasteiger partial charge is 0.367 e. The van der Waals surface area contributed by atoms with E-state index >= 15 is 0 Å². The lowest BCUT2D eigenvalue weighted by molar-refractivity contribution is 0.214. The lowest BCUT2D eigenvalue weighted by Gasteiger charge is -2.41. The number of hydrogen-bond acceptors (Lipinski definition) is 4. The SMILES string of the molecule is CNC1(CNc2cnc(Cl)cn2)CCC1. The van der Waals surface area contributed by atoms with E-state index in [-0.39, 0.29) is 5.54 Å². The zero-order valence-electron chi connectivity index (χ0n) is 8.76. The molecule has 1 aromatic heterocycles. The first-order chi connectivity index (χ1) is 7.24. The highest BCUT2D eigenvalue weighted by Crippen LogP contribution is 2.31. The third-order valence-corrected chi connectivity index (χ3v) is 3.26. The van der Waals surface area contributed by atoms with Crippen LogP contribution in [-0.4, -0.2) is 29.1 Å². The van der Waals surface area contributed by atoms with Gasteiger partial charge in [0.2, 0.25) is 0 Å². The summed E-state index contributed by atoms with van der Waals surface area (Å²) in [6.07, 6.45) is 6.95. The summed E-state index contributed by atoms with van der Waals surface area (Å²) in [6, 6.07) is 0. The summed E-state index contributed by atoms with van der Waals surface area (Å²) in [5.74, 6) is 0.779. The Morgan fingerprint density at radius 3 is 2.67 bits per heavy atom. The first kappa shape index (κ1) is 10.6. The van der Waals surface area contributed by atoms with Crippen LogP contribution in [0.25, 0.3) is 0 Å². The van der Waals surface area contributed by atoms with Gasteiger partial charge in [0, 0.05) is 12.1 Å². The molecule has 1 fully saturated rings. The maximum absolute atomic E-state index is 5.65. The molecule has 0 amide bonds. The molecular weight excluding hydrogens is 212 g/mol. The molecule has 0 radical (unpaired) electrons. The van der Waals surface area contributed by atoms with Crippen LogP contribution in [0.15, 0.2) is 12.4 Å². The van der Waals surface area contributed by atoms with Crippen molar-refractivity contribution >= 4 is 17.4 Å². The monoisotopic (exact) mass is 226 g/mol. The minimum atomic E-state index is 0.251. The van der Waals surface area contributed by atoms with Gasteiger partial charge in [-0.15, -0.1) is 0 Å². The van der Waals surface area contributed by atoms with Gasteiger partial charge in [0.15, 0.2) is 0 Å². The number of nitrogens with zero attached hydrogens (tertiary/aromatic N) is 2. The van der Waals surface area contributed by atoms with E-state index < -0.39 is 0 Å². The third-order valence-electron chi connectivity index (χ3n) is 3.07. The predicted octanol–water partition coefficient (Wildman–Crippen LogP) is 1.68. The lowest BCUT2D eigenvalue weighted by Crippen LogP contribution is -2.54. The second-order valence-electron chi connectivity index (χ2n) is 3.96. The normalized spacial score (nSPS) is 18.3. The molecule has 1 heterocycles. The summed E-state index contributed by atoms with van der Waals surface area (Å²) in [6.45, 7) is 0.889. The van der Waals surface area contributed by atoms with Crippen LogP contribution in [-0.2, 0) is 0 Å². The van der Waals surface area contributed by atoms with Crippen molar-refractivity contribution in [1.29, 1.82) is 0 Å². The van der Waals surface area contributed by atoms with Gasteiger partial charge in [0.1, 0.15) is 11.0 Å². The average molecular weight is 227 g/mol. The summed E-state index contributed by atoms with van der Waals surface area (Å²) in [4.78, 5) is 8.11. The van der Waals surface area contributed by atoms with Gasteiger partial charge in [-0.05, 0) is 26.3 Å². The molecule has 0 atom stereocenters. The van der Waals surface area contributed by atoms with Crippen molar-refractivity contribution in [3.8, 4) is 0 Å². The number of likely N-dealkylation sites (N-methyl/N-ethyl adjacent to an activating group) is 1. The molecule has 15 heavy (non-hydrogen) atoms. The van der Waals surface area contributed by atoms with Gasteiger partial charge in [-0.1, -0.05) is 11.6 Å². The number of aromatic nitrogens is 2. The fourth-order valence-electron chi connectivity index (χ4n) is 1.78. The maximum Gasteiger partial charge on any atom is 0.147 e. The van der Waals surface area contributed by atoms with Crippen LogP contribution in [0.3, 0.4) is 0 Å². The third kappa shape index (κ3) is 2.38. The molecule has 1 saturated carbocycles. The van der Waals surface area contributed by atoms with Crippen molar-refractivity contribution in [1.82, 2.24) is 15.3 Å². The Balaban J connectivity index is 1.90. The van der Waals surface area contributed by atoms with Crippen LogP contribution in [0.5, 0.6) is 0 Å². The topological polar surface area (TPSA) is 49.8 Å².